The zero-order chi connectivity index (χ0) is 17.4. The van der Waals surface area contributed by atoms with Crippen molar-refractivity contribution in [3.8, 4) is 23.1 Å². The van der Waals surface area contributed by atoms with Gasteiger partial charge >= 0.3 is 0 Å². The molecule has 0 aliphatic rings. The topological polar surface area (TPSA) is 61.4 Å². The molecule has 122 valence electrons. The lowest BCUT2D eigenvalue weighted by atomic mass is 10.2. The van der Waals surface area contributed by atoms with E-state index < -0.39 is 0 Å². The van der Waals surface area contributed by atoms with Gasteiger partial charge in [-0.3, -0.25) is 4.68 Å². The molecule has 0 bridgehead atoms. The van der Waals surface area contributed by atoms with Gasteiger partial charge < -0.3 is 4.57 Å². The number of aromatic nitrogens is 6. The first-order chi connectivity index (χ1) is 12.1. The first-order valence-electron chi connectivity index (χ1n) is 7.58. The Labute approximate surface area is 149 Å². The zero-order valence-electron chi connectivity index (χ0n) is 13.6. The molecule has 0 N–H and O–H groups in total. The van der Waals surface area contributed by atoms with E-state index in [1.807, 2.05) is 48.1 Å². The minimum atomic E-state index is 0.338. The summed E-state index contributed by atoms with van der Waals surface area (Å²) in [6, 6.07) is 9.96. The molecule has 4 aromatic rings. The average molecular weight is 349 g/mol. The normalized spacial score (nSPS) is 10.7. The highest BCUT2D eigenvalue weighted by molar-refractivity contribution is 6.33. The van der Waals surface area contributed by atoms with Gasteiger partial charge in [-0.15, -0.1) is 0 Å². The molecule has 0 aliphatic carbocycles. The molecule has 0 saturated carbocycles. The second kappa shape index (κ2) is 6.04. The van der Waals surface area contributed by atoms with Gasteiger partial charge in [-0.2, -0.15) is 5.10 Å². The second-order valence-electron chi connectivity index (χ2n) is 5.52. The SMILES string of the molecule is Cn1cc(-c2ccccc2)nc1C#Cc1nc(Cl)c2cnn(C)c2n1. The highest BCUT2D eigenvalue weighted by atomic mass is 35.5. The summed E-state index contributed by atoms with van der Waals surface area (Å²) in [6.07, 6.45) is 3.58. The Morgan fingerprint density at radius 1 is 1.00 bits per heavy atom. The summed E-state index contributed by atoms with van der Waals surface area (Å²) in [7, 11) is 3.70. The van der Waals surface area contributed by atoms with E-state index in [1.54, 1.807) is 17.9 Å². The second-order valence-corrected chi connectivity index (χ2v) is 5.88. The molecule has 0 atom stereocenters. The summed E-state index contributed by atoms with van der Waals surface area (Å²) < 4.78 is 3.52. The molecule has 6 nitrogen and oxygen atoms in total. The van der Waals surface area contributed by atoms with Crippen LogP contribution in [0.4, 0.5) is 0 Å². The van der Waals surface area contributed by atoms with Crippen molar-refractivity contribution in [1.29, 1.82) is 0 Å². The van der Waals surface area contributed by atoms with Crippen LogP contribution < -0.4 is 0 Å². The van der Waals surface area contributed by atoms with Gasteiger partial charge in [0, 0.05) is 25.9 Å². The maximum atomic E-state index is 6.18. The lowest BCUT2D eigenvalue weighted by Gasteiger charge is -1.96. The van der Waals surface area contributed by atoms with E-state index in [0.717, 1.165) is 11.3 Å². The van der Waals surface area contributed by atoms with E-state index >= 15 is 0 Å². The van der Waals surface area contributed by atoms with Gasteiger partial charge in [-0.05, 0) is 11.8 Å². The number of halogens is 1. The van der Waals surface area contributed by atoms with E-state index in [4.69, 9.17) is 11.6 Å². The molecule has 4 rings (SSSR count). The molecule has 0 fully saturated rings. The molecule has 1 aromatic carbocycles. The standard InChI is InChI=1S/C18H13ClN6/c1-24-11-14(12-6-4-3-5-7-12)21-16(24)9-8-15-22-17(19)13-10-20-25(2)18(13)23-15/h3-7,10-11H,1-2H3. The van der Waals surface area contributed by atoms with Crippen molar-refractivity contribution in [1.82, 2.24) is 29.3 Å². The minimum absolute atomic E-state index is 0.338. The van der Waals surface area contributed by atoms with E-state index in [2.05, 4.69) is 31.9 Å². The molecule has 0 unspecified atom stereocenters. The summed E-state index contributed by atoms with van der Waals surface area (Å²) in [5.74, 6) is 6.91. The third kappa shape index (κ3) is 2.86. The van der Waals surface area contributed by atoms with E-state index in [0.29, 0.717) is 27.8 Å². The number of benzene rings is 1. The Hall–Kier alpha value is -3.17. The molecule has 0 amide bonds. The number of nitrogens with zero attached hydrogens (tertiary/aromatic N) is 6. The summed E-state index contributed by atoms with van der Waals surface area (Å²) in [5.41, 5.74) is 2.56. The summed E-state index contributed by atoms with van der Waals surface area (Å²) in [5, 5.41) is 5.18. The Morgan fingerprint density at radius 2 is 1.80 bits per heavy atom. The Bertz CT molecular complexity index is 1130. The van der Waals surface area contributed by atoms with Crippen LogP contribution in [-0.2, 0) is 14.1 Å². The number of hydrogen-bond acceptors (Lipinski definition) is 4. The number of aryl methyl sites for hydroxylation is 2. The lowest BCUT2D eigenvalue weighted by Crippen LogP contribution is -1.97. The van der Waals surface area contributed by atoms with Crippen LogP contribution in [0.15, 0.2) is 42.7 Å². The molecule has 0 radical (unpaired) electrons. The first-order valence-corrected chi connectivity index (χ1v) is 7.95. The van der Waals surface area contributed by atoms with Crippen LogP contribution in [0.3, 0.4) is 0 Å². The number of hydrogen-bond donors (Lipinski definition) is 0. The predicted molar refractivity (Wildman–Crippen MR) is 95.9 cm³/mol. The summed E-state index contributed by atoms with van der Waals surface area (Å²) >= 11 is 6.18. The molecule has 0 spiro atoms. The van der Waals surface area contributed by atoms with Crippen LogP contribution in [-0.4, -0.2) is 29.3 Å². The van der Waals surface area contributed by atoms with Gasteiger partial charge in [-0.25, -0.2) is 15.0 Å². The number of rotatable bonds is 1. The van der Waals surface area contributed by atoms with Crippen LogP contribution >= 0.6 is 11.6 Å². The molecule has 0 saturated heterocycles. The monoisotopic (exact) mass is 348 g/mol. The molecule has 7 heteroatoms. The maximum Gasteiger partial charge on any atom is 0.208 e. The summed E-state index contributed by atoms with van der Waals surface area (Å²) in [4.78, 5) is 13.2. The third-order valence-corrected chi connectivity index (χ3v) is 4.07. The van der Waals surface area contributed by atoms with Gasteiger partial charge in [0.05, 0.1) is 17.3 Å². The fourth-order valence-electron chi connectivity index (χ4n) is 2.49. The van der Waals surface area contributed by atoms with Crippen molar-refractivity contribution in [2.75, 3.05) is 0 Å². The van der Waals surface area contributed by atoms with Crippen molar-refractivity contribution in [2.24, 2.45) is 14.1 Å². The molecule has 25 heavy (non-hydrogen) atoms. The lowest BCUT2D eigenvalue weighted by molar-refractivity contribution is 0.784. The van der Waals surface area contributed by atoms with Gasteiger partial charge in [0.1, 0.15) is 5.15 Å². The van der Waals surface area contributed by atoms with Crippen molar-refractivity contribution in [3.05, 3.63) is 59.5 Å². The quantitative estimate of drug-likeness (QED) is 0.392. The molecular formula is C18H13ClN6. The highest BCUT2D eigenvalue weighted by Gasteiger charge is 2.09. The number of imidazole rings is 1. The van der Waals surface area contributed by atoms with Crippen molar-refractivity contribution < 1.29 is 0 Å². The minimum Gasteiger partial charge on any atom is -0.327 e. The van der Waals surface area contributed by atoms with Gasteiger partial charge in [0.15, 0.2) is 11.5 Å². The number of fused-ring (bicyclic) bond motifs is 1. The van der Waals surface area contributed by atoms with Crippen LogP contribution in [0.5, 0.6) is 0 Å². The largest absolute Gasteiger partial charge is 0.327 e. The van der Waals surface area contributed by atoms with E-state index in [-0.39, 0.29) is 0 Å². The maximum absolute atomic E-state index is 6.18. The predicted octanol–water partition coefficient (Wildman–Crippen LogP) is 2.82. The van der Waals surface area contributed by atoms with Crippen LogP contribution in [0, 0.1) is 11.8 Å². The first kappa shape index (κ1) is 15.4. The fourth-order valence-corrected chi connectivity index (χ4v) is 2.70. The highest BCUT2D eigenvalue weighted by Crippen LogP contribution is 2.19. The zero-order valence-corrected chi connectivity index (χ0v) is 14.4. The fraction of sp³-hybridized carbons (Fsp3) is 0.111. The third-order valence-electron chi connectivity index (χ3n) is 3.78. The van der Waals surface area contributed by atoms with E-state index in [9.17, 15) is 0 Å². The average Bonchev–Trinajstić information content (AvgIpc) is 3.18. The van der Waals surface area contributed by atoms with Gasteiger partial charge in [0.25, 0.3) is 0 Å². The molecule has 3 heterocycles. The molecule has 3 aromatic heterocycles. The Balaban J connectivity index is 1.72. The van der Waals surface area contributed by atoms with Crippen molar-refractivity contribution >= 4 is 22.6 Å². The smallest absolute Gasteiger partial charge is 0.208 e. The Morgan fingerprint density at radius 3 is 2.60 bits per heavy atom. The van der Waals surface area contributed by atoms with Crippen LogP contribution in [0.25, 0.3) is 22.3 Å². The van der Waals surface area contributed by atoms with Crippen molar-refractivity contribution in [2.45, 2.75) is 0 Å². The van der Waals surface area contributed by atoms with Gasteiger partial charge in [0.2, 0.25) is 5.82 Å². The van der Waals surface area contributed by atoms with Gasteiger partial charge in [-0.1, -0.05) is 41.9 Å². The summed E-state index contributed by atoms with van der Waals surface area (Å²) in [6.45, 7) is 0. The van der Waals surface area contributed by atoms with E-state index in [1.165, 1.54) is 0 Å². The molecular weight excluding hydrogens is 336 g/mol. The molecule has 0 aliphatic heterocycles. The van der Waals surface area contributed by atoms with Crippen molar-refractivity contribution in [3.63, 3.8) is 0 Å². The Kier molecular flexibility index (Phi) is 3.71. The van der Waals surface area contributed by atoms with Crippen LogP contribution in [0.2, 0.25) is 5.15 Å². The van der Waals surface area contributed by atoms with Crippen LogP contribution in [0.1, 0.15) is 11.6 Å².